The Morgan fingerprint density at radius 2 is 1.85 bits per heavy atom. The van der Waals surface area contributed by atoms with E-state index in [-0.39, 0.29) is 0 Å². The maximum absolute atomic E-state index is 5.82. The minimum Gasteiger partial charge on any atom is -0.373 e. The van der Waals surface area contributed by atoms with Crippen molar-refractivity contribution >= 4 is 0 Å². The number of ether oxygens (including phenoxy) is 1. The molecule has 112 valence electrons. The monoisotopic (exact) mass is 277 g/mol. The number of morpholine rings is 1. The lowest BCUT2D eigenvalue weighted by molar-refractivity contribution is -0.0710. The van der Waals surface area contributed by atoms with Crippen LogP contribution in [0.2, 0.25) is 0 Å². The molecule has 1 aliphatic carbocycles. The quantitative estimate of drug-likeness (QED) is 0.851. The van der Waals surface area contributed by atoms with Crippen LogP contribution in [-0.2, 0) is 11.3 Å². The Bertz CT molecular complexity index is 415. The van der Waals surface area contributed by atoms with Crippen LogP contribution in [0, 0.1) is 0 Å². The number of hydrogen-bond donors (Lipinski definition) is 0. The second-order valence-corrected chi connectivity index (χ2v) is 6.54. The molecule has 0 amide bonds. The maximum Gasteiger partial charge on any atom is 0.0951 e. The van der Waals surface area contributed by atoms with Gasteiger partial charge in [0.1, 0.15) is 0 Å². The lowest BCUT2D eigenvalue weighted by Gasteiger charge is -2.35. The first-order chi connectivity index (χ1) is 9.72. The fourth-order valence-electron chi connectivity index (χ4n) is 3.79. The molecule has 2 atom stereocenters. The van der Waals surface area contributed by atoms with Crippen LogP contribution in [-0.4, -0.2) is 39.7 Å². The van der Waals surface area contributed by atoms with Gasteiger partial charge < -0.3 is 9.30 Å². The zero-order chi connectivity index (χ0) is 13.9. The Labute approximate surface area is 122 Å². The smallest absolute Gasteiger partial charge is 0.0951 e. The number of aromatic nitrogens is 2. The van der Waals surface area contributed by atoms with Gasteiger partial charge in [0.25, 0.3) is 0 Å². The van der Waals surface area contributed by atoms with E-state index in [2.05, 4.69) is 34.5 Å². The van der Waals surface area contributed by atoms with Gasteiger partial charge in [0.2, 0.25) is 0 Å². The highest BCUT2D eigenvalue weighted by Gasteiger charge is 2.24. The predicted molar refractivity (Wildman–Crippen MR) is 79.6 cm³/mol. The van der Waals surface area contributed by atoms with Crippen molar-refractivity contribution in [1.82, 2.24) is 14.5 Å². The molecule has 0 spiro atoms. The van der Waals surface area contributed by atoms with Gasteiger partial charge in [-0.2, -0.15) is 0 Å². The molecule has 3 rings (SSSR count). The molecule has 2 fully saturated rings. The van der Waals surface area contributed by atoms with E-state index in [0.29, 0.717) is 18.2 Å². The van der Waals surface area contributed by atoms with E-state index in [1.165, 1.54) is 37.8 Å². The average molecular weight is 277 g/mol. The van der Waals surface area contributed by atoms with Crippen LogP contribution >= 0.6 is 0 Å². The van der Waals surface area contributed by atoms with Crippen molar-refractivity contribution in [3.63, 3.8) is 0 Å². The van der Waals surface area contributed by atoms with Gasteiger partial charge in [-0.1, -0.05) is 19.3 Å². The Morgan fingerprint density at radius 1 is 1.15 bits per heavy atom. The van der Waals surface area contributed by atoms with E-state index in [9.17, 15) is 0 Å². The first-order valence-corrected chi connectivity index (χ1v) is 8.11. The summed E-state index contributed by atoms with van der Waals surface area (Å²) >= 11 is 0. The summed E-state index contributed by atoms with van der Waals surface area (Å²) in [6.45, 7) is 7.40. The van der Waals surface area contributed by atoms with E-state index in [1.54, 1.807) is 0 Å². The first-order valence-electron chi connectivity index (χ1n) is 8.11. The second-order valence-electron chi connectivity index (χ2n) is 6.54. The summed E-state index contributed by atoms with van der Waals surface area (Å²) < 4.78 is 8.25. The van der Waals surface area contributed by atoms with Crippen LogP contribution in [0.3, 0.4) is 0 Å². The Hall–Kier alpha value is -0.870. The van der Waals surface area contributed by atoms with Gasteiger partial charge in [-0.15, -0.1) is 0 Å². The van der Waals surface area contributed by atoms with Gasteiger partial charge in [-0.05, 0) is 26.7 Å². The topological polar surface area (TPSA) is 30.3 Å². The summed E-state index contributed by atoms with van der Waals surface area (Å²) in [5, 5.41) is 0. The summed E-state index contributed by atoms with van der Waals surface area (Å²) in [4.78, 5) is 6.92. The Kier molecular flexibility index (Phi) is 4.41. The summed E-state index contributed by atoms with van der Waals surface area (Å²) in [5.41, 5.74) is 1.37. The van der Waals surface area contributed by atoms with Gasteiger partial charge in [0.15, 0.2) is 0 Å². The first kappa shape index (κ1) is 14.1. The van der Waals surface area contributed by atoms with E-state index in [4.69, 9.17) is 4.74 Å². The predicted octanol–water partition coefficient (Wildman–Crippen LogP) is 3.00. The molecule has 2 aliphatic rings. The number of nitrogens with zero attached hydrogens (tertiary/aromatic N) is 3. The third kappa shape index (κ3) is 3.23. The standard InChI is InChI=1S/C16H27N3O/c1-13-9-18(10-14(2)20-13)11-16-8-17-12-19(16)15-6-4-3-5-7-15/h8,12-15H,3-7,9-11H2,1-2H3/t13-,14+. The molecule has 4 heteroatoms. The van der Waals surface area contributed by atoms with Gasteiger partial charge >= 0.3 is 0 Å². The summed E-state index contributed by atoms with van der Waals surface area (Å²) in [5.74, 6) is 0. The van der Waals surface area contributed by atoms with Gasteiger partial charge in [0, 0.05) is 31.9 Å². The highest BCUT2D eigenvalue weighted by atomic mass is 16.5. The van der Waals surface area contributed by atoms with E-state index >= 15 is 0 Å². The molecule has 1 aliphatic heterocycles. The van der Waals surface area contributed by atoms with Crippen LogP contribution in [0.25, 0.3) is 0 Å². The van der Waals surface area contributed by atoms with Crippen LogP contribution in [0.15, 0.2) is 12.5 Å². The molecule has 1 aromatic rings. The van der Waals surface area contributed by atoms with Crippen molar-refractivity contribution in [1.29, 1.82) is 0 Å². The minimum absolute atomic E-state index is 0.338. The van der Waals surface area contributed by atoms with Crippen molar-refractivity contribution in [2.24, 2.45) is 0 Å². The van der Waals surface area contributed by atoms with E-state index in [1.807, 2.05) is 6.33 Å². The van der Waals surface area contributed by atoms with Crippen molar-refractivity contribution in [2.45, 2.75) is 70.7 Å². The lowest BCUT2D eigenvalue weighted by Crippen LogP contribution is -2.45. The molecule has 2 heterocycles. The van der Waals surface area contributed by atoms with Crippen LogP contribution in [0.5, 0.6) is 0 Å². The van der Waals surface area contributed by atoms with Crippen LogP contribution < -0.4 is 0 Å². The molecule has 0 N–H and O–H groups in total. The number of rotatable bonds is 3. The Balaban J connectivity index is 1.66. The molecule has 1 aromatic heterocycles. The van der Waals surface area contributed by atoms with E-state index < -0.39 is 0 Å². The van der Waals surface area contributed by atoms with Gasteiger partial charge in [-0.3, -0.25) is 4.90 Å². The van der Waals surface area contributed by atoms with Crippen LogP contribution in [0.1, 0.15) is 57.7 Å². The normalized spacial score (nSPS) is 29.7. The highest BCUT2D eigenvalue weighted by molar-refractivity contribution is 5.01. The van der Waals surface area contributed by atoms with Gasteiger partial charge in [-0.25, -0.2) is 4.98 Å². The molecule has 0 unspecified atom stereocenters. The molecule has 20 heavy (non-hydrogen) atoms. The lowest BCUT2D eigenvalue weighted by atomic mass is 9.95. The molecule has 1 saturated heterocycles. The average Bonchev–Trinajstić information content (AvgIpc) is 2.86. The summed E-state index contributed by atoms with van der Waals surface area (Å²) in [6.07, 6.45) is 11.5. The fraction of sp³-hybridized carbons (Fsp3) is 0.812. The summed E-state index contributed by atoms with van der Waals surface area (Å²) in [7, 11) is 0. The molecule has 0 bridgehead atoms. The van der Waals surface area contributed by atoms with Gasteiger partial charge in [0.05, 0.1) is 24.2 Å². The number of imidazole rings is 1. The zero-order valence-corrected chi connectivity index (χ0v) is 12.8. The highest BCUT2D eigenvalue weighted by Crippen LogP contribution is 2.29. The van der Waals surface area contributed by atoms with Crippen molar-refractivity contribution in [2.75, 3.05) is 13.1 Å². The SMILES string of the molecule is C[C@@H]1CN(Cc2cncn2C2CCCCC2)C[C@H](C)O1. The van der Waals surface area contributed by atoms with Crippen LogP contribution in [0.4, 0.5) is 0 Å². The largest absolute Gasteiger partial charge is 0.373 e. The Morgan fingerprint density at radius 3 is 2.55 bits per heavy atom. The minimum atomic E-state index is 0.338. The van der Waals surface area contributed by atoms with E-state index in [0.717, 1.165) is 19.6 Å². The zero-order valence-electron chi connectivity index (χ0n) is 12.8. The third-order valence-electron chi connectivity index (χ3n) is 4.60. The molecule has 4 nitrogen and oxygen atoms in total. The number of hydrogen-bond acceptors (Lipinski definition) is 3. The fourth-order valence-corrected chi connectivity index (χ4v) is 3.79. The summed E-state index contributed by atoms with van der Waals surface area (Å²) in [6, 6.07) is 0.678. The molecule has 0 aromatic carbocycles. The maximum atomic E-state index is 5.82. The van der Waals surface area contributed by atoms with Crippen molar-refractivity contribution < 1.29 is 4.74 Å². The molecular weight excluding hydrogens is 250 g/mol. The molecule has 0 radical (unpaired) electrons. The second kappa shape index (κ2) is 6.27. The molecular formula is C16H27N3O. The third-order valence-corrected chi connectivity index (χ3v) is 4.60. The van der Waals surface area contributed by atoms with Crippen molar-refractivity contribution in [3.8, 4) is 0 Å². The molecule has 1 saturated carbocycles. The van der Waals surface area contributed by atoms with Crippen molar-refractivity contribution in [3.05, 3.63) is 18.2 Å².